The SMILES string of the molecule is CC1CN2CCCC2CN1c1ccc(C=O)cc1[N+](=O)[O-]. The zero-order chi connectivity index (χ0) is 15.0. The fourth-order valence-electron chi connectivity index (χ4n) is 3.53. The van der Waals surface area contributed by atoms with Gasteiger partial charge in [-0.1, -0.05) is 0 Å². The number of benzene rings is 1. The van der Waals surface area contributed by atoms with Crippen LogP contribution in [0.25, 0.3) is 0 Å². The first kappa shape index (κ1) is 14.0. The summed E-state index contributed by atoms with van der Waals surface area (Å²) in [6, 6.07) is 5.47. The van der Waals surface area contributed by atoms with Gasteiger partial charge in [-0.15, -0.1) is 0 Å². The summed E-state index contributed by atoms with van der Waals surface area (Å²) >= 11 is 0. The van der Waals surface area contributed by atoms with E-state index in [2.05, 4.69) is 16.7 Å². The van der Waals surface area contributed by atoms with E-state index in [0.717, 1.165) is 26.1 Å². The molecule has 112 valence electrons. The van der Waals surface area contributed by atoms with Gasteiger partial charge in [-0.3, -0.25) is 19.8 Å². The van der Waals surface area contributed by atoms with Gasteiger partial charge in [-0.25, -0.2) is 0 Å². The Hall–Kier alpha value is -1.95. The van der Waals surface area contributed by atoms with Gasteiger partial charge in [-0.05, 0) is 38.4 Å². The Morgan fingerprint density at radius 3 is 2.90 bits per heavy atom. The summed E-state index contributed by atoms with van der Waals surface area (Å²) in [5, 5.41) is 11.3. The van der Waals surface area contributed by atoms with Crippen LogP contribution in [0.15, 0.2) is 18.2 Å². The van der Waals surface area contributed by atoms with E-state index in [0.29, 0.717) is 23.6 Å². The number of piperazine rings is 1. The highest BCUT2D eigenvalue weighted by molar-refractivity contribution is 5.79. The third kappa shape index (κ3) is 2.51. The first-order valence-electron chi connectivity index (χ1n) is 7.34. The Kier molecular flexibility index (Phi) is 3.63. The van der Waals surface area contributed by atoms with E-state index in [9.17, 15) is 14.9 Å². The zero-order valence-corrected chi connectivity index (χ0v) is 12.1. The summed E-state index contributed by atoms with van der Waals surface area (Å²) in [6.07, 6.45) is 3.01. The van der Waals surface area contributed by atoms with Crippen molar-refractivity contribution in [1.29, 1.82) is 0 Å². The highest BCUT2D eigenvalue weighted by atomic mass is 16.6. The second kappa shape index (κ2) is 5.44. The average Bonchev–Trinajstić information content (AvgIpc) is 2.92. The fourth-order valence-corrected chi connectivity index (χ4v) is 3.53. The Morgan fingerprint density at radius 1 is 1.38 bits per heavy atom. The van der Waals surface area contributed by atoms with E-state index in [1.54, 1.807) is 12.1 Å². The van der Waals surface area contributed by atoms with E-state index in [1.165, 1.54) is 12.5 Å². The van der Waals surface area contributed by atoms with E-state index in [1.807, 2.05) is 0 Å². The third-order valence-corrected chi connectivity index (χ3v) is 4.58. The molecule has 0 aromatic heterocycles. The molecular weight excluding hydrogens is 270 g/mol. The lowest BCUT2D eigenvalue weighted by atomic mass is 10.1. The second-order valence-corrected chi connectivity index (χ2v) is 5.92. The molecule has 2 heterocycles. The monoisotopic (exact) mass is 289 g/mol. The van der Waals surface area contributed by atoms with Crippen molar-refractivity contribution in [2.45, 2.75) is 31.8 Å². The summed E-state index contributed by atoms with van der Waals surface area (Å²) in [7, 11) is 0. The molecule has 6 nitrogen and oxygen atoms in total. The number of carbonyl (C=O) groups excluding carboxylic acids is 1. The number of nitro benzene ring substituents is 1. The van der Waals surface area contributed by atoms with Crippen LogP contribution in [0.4, 0.5) is 11.4 Å². The van der Waals surface area contributed by atoms with Crippen molar-refractivity contribution in [3.63, 3.8) is 0 Å². The Morgan fingerprint density at radius 2 is 2.19 bits per heavy atom. The molecule has 1 aromatic rings. The number of carbonyl (C=O) groups is 1. The quantitative estimate of drug-likeness (QED) is 0.484. The molecule has 0 spiro atoms. The lowest BCUT2D eigenvalue weighted by Gasteiger charge is -2.43. The Labute approximate surface area is 123 Å². The first-order chi connectivity index (χ1) is 10.1. The summed E-state index contributed by atoms with van der Waals surface area (Å²) < 4.78 is 0. The summed E-state index contributed by atoms with van der Waals surface area (Å²) in [6.45, 7) is 5.00. The predicted molar refractivity (Wildman–Crippen MR) is 79.9 cm³/mol. The Balaban J connectivity index is 1.95. The molecule has 0 bridgehead atoms. The van der Waals surface area contributed by atoms with E-state index in [-0.39, 0.29) is 11.7 Å². The van der Waals surface area contributed by atoms with Crippen LogP contribution in [0.2, 0.25) is 0 Å². The van der Waals surface area contributed by atoms with Crippen molar-refractivity contribution in [2.75, 3.05) is 24.5 Å². The molecule has 2 saturated heterocycles. The van der Waals surface area contributed by atoms with E-state index in [4.69, 9.17) is 0 Å². The van der Waals surface area contributed by atoms with Gasteiger partial charge in [0, 0.05) is 36.8 Å². The fraction of sp³-hybridized carbons (Fsp3) is 0.533. The normalized spacial score (nSPS) is 25.7. The smallest absolute Gasteiger partial charge is 0.293 e. The molecule has 0 radical (unpaired) electrons. The van der Waals surface area contributed by atoms with Crippen molar-refractivity contribution >= 4 is 17.7 Å². The van der Waals surface area contributed by atoms with Crippen molar-refractivity contribution in [1.82, 2.24) is 4.90 Å². The second-order valence-electron chi connectivity index (χ2n) is 5.92. The molecule has 2 unspecified atom stereocenters. The number of nitrogens with zero attached hydrogens (tertiary/aromatic N) is 3. The van der Waals surface area contributed by atoms with Crippen molar-refractivity contribution < 1.29 is 9.72 Å². The van der Waals surface area contributed by atoms with Crippen LogP contribution in [0, 0.1) is 10.1 Å². The molecule has 2 fully saturated rings. The molecule has 2 atom stereocenters. The molecule has 0 aliphatic carbocycles. The summed E-state index contributed by atoms with van der Waals surface area (Å²) in [5.74, 6) is 0. The van der Waals surface area contributed by atoms with Crippen LogP contribution in [-0.4, -0.2) is 47.8 Å². The predicted octanol–water partition coefficient (Wildman–Crippen LogP) is 2.08. The molecular formula is C15H19N3O3. The topological polar surface area (TPSA) is 66.7 Å². The minimum Gasteiger partial charge on any atom is -0.360 e. The molecule has 3 rings (SSSR count). The molecule has 1 aromatic carbocycles. The largest absolute Gasteiger partial charge is 0.360 e. The molecule has 21 heavy (non-hydrogen) atoms. The molecule has 2 aliphatic rings. The number of nitro groups is 1. The van der Waals surface area contributed by atoms with Gasteiger partial charge in [0.2, 0.25) is 0 Å². The lowest BCUT2D eigenvalue weighted by molar-refractivity contribution is -0.384. The summed E-state index contributed by atoms with van der Waals surface area (Å²) in [4.78, 5) is 26.4. The van der Waals surface area contributed by atoms with Crippen LogP contribution in [0.1, 0.15) is 30.1 Å². The van der Waals surface area contributed by atoms with Crippen molar-refractivity contribution in [3.8, 4) is 0 Å². The van der Waals surface area contributed by atoms with Crippen LogP contribution in [-0.2, 0) is 0 Å². The number of fused-ring (bicyclic) bond motifs is 1. The average molecular weight is 289 g/mol. The van der Waals surface area contributed by atoms with Crippen molar-refractivity contribution in [3.05, 3.63) is 33.9 Å². The molecule has 0 amide bonds. The van der Waals surface area contributed by atoms with Gasteiger partial charge >= 0.3 is 0 Å². The van der Waals surface area contributed by atoms with Crippen LogP contribution < -0.4 is 4.90 Å². The minimum absolute atomic E-state index is 0.0258. The third-order valence-electron chi connectivity index (χ3n) is 4.58. The lowest BCUT2D eigenvalue weighted by Crippen LogP contribution is -2.55. The number of anilines is 1. The van der Waals surface area contributed by atoms with E-state index < -0.39 is 4.92 Å². The number of hydrogen-bond donors (Lipinski definition) is 0. The van der Waals surface area contributed by atoms with Gasteiger partial charge < -0.3 is 4.90 Å². The highest BCUT2D eigenvalue weighted by Gasteiger charge is 2.36. The number of hydrogen-bond acceptors (Lipinski definition) is 5. The van der Waals surface area contributed by atoms with E-state index >= 15 is 0 Å². The maximum atomic E-state index is 11.3. The molecule has 0 saturated carbocycles. The first-order valence-corrected chi connectivity index (χ1v) is 7.34. The highest BCUT2D eigenvalue weighted by Crippen LogP contribution is 2.34. The number of aldehydes is 1. The maximum absolute atomic E-state index is 11.3. The molecule has 6 heteroatoms. The molecule has 0 N–H and O–H groups in total. The standard InChI is InChI=1S/C15H19N3O3/c1-11-8-16-6-2-3-13(16)9-17(11)14-5-4-12(10-19)7-15(14)18(20)21/h4-5,7,10-11,13H,2-3,6,8-9H2,1H3. The van der Waals surface area contributed by atoms with Gasteiger partial charge in [0.25, 0.3) is 5.69 Å². The van der Waals surface area contributed by atoms with Crippen LogP contribution in [0.3, 0.4) is 0 Å². The number of rotatable bonds is 3. The molecule has 2 aliphatic heterocycles. The van der Waals surface area contributed by atoms with Gasteiger partial charge in [-0.2, -0.15) is 0 Å². The van der Waals surface area contributed by atoms with Gasteiger partial charge in [0.1, 0.15) is 12.0 Å². The van der Waals surface area contributed by atoms with Gasteiger partial charge in [0.15, 0.2) is 0 Å². The Bertz CT molecular complexity index is 575. The summed E-state index contributed by atoms with van der Waals surface area (Å²) in [5.41, 5.74) is 1.00. The minimum atomic E-state index is -0.393. The maximum Gasteiger partial charge on any atom is 0.293 e. The van der Waals surface area contributed by atoms with Crippen LogP contribution >= 0.6 is 0 Å². The zero-order valence-electron chi connectivity index (χ0n) is 12.1. The van der Waals surface area contributed by atoms with Crippen LogP contribution in [0.5, 0.6) is 0 Å². The van der Waals surface area contributed by atoms with Gasteiger partial charge in [0.05, 0.1) is 4.92 Å². The van der Waals surface area contributed by atoms with Crippen molar-refractivity contribution in [2.24, 2.45) is 0 Å².